The molecule has 0 amide bonds. The Labute approximate surface area is 246 Å². The van der Waals surface area contributed by atoms with Crippen LogP contribution in [0.4, 0.5) is 0 Å². The van der Waals surface area contributed by atoms with E-state index >= 15 is 0 Å². The Morgan fingerprint density at radius 3 is 1.11 bits per heavy atom. The number of benzene rings is 2. The van der Waals surface area contributed by atoms with Crippen molar-refractivity contribution < 1.29 is 51.0 Å². The molecule has 0 radical (unpaired) electrons. The van der Waals surface area contributed by atoms with Crippen LogP contribution in [0.3, 0.4) is 0 Å². The summed E-state index contributed by atoms with van der Waals surface area (Å²) in [6.45, 7) is 9.10. The summed E-state index contributed by atoms with van der Waals surface area (Å²) in [4.78, 5) is 0. The molecule has 2 aromatic rings. The average Bonchev–Trinajstić information content (AvgIpc) is 3.59. The molecular formula is C32H38Cl2Zr. The molecular weight excluding hydrogens is 546 g/mol. The van der Waals surface area contributed by atoms with Gasteiger partial charge in [-0.2, -0.15) is 12.2 Å². The molecule has 0 spiro atoms. The molecule has 0 saturated heterocycles. The van der Waals surface area contributed by atoms with Crippen molar-refractivity contribution in [2.45, 2.75) is 77.0 Å². The summed E-state index contributed by atoms with van der Waals surface area (Å²) < 4.78 is 0. The normalized spacial score (nSPS) is 13.9. The van der Waals surface area contributed by atoms with Crippen molar-refractivity contribution in [3.05, 3.63) is 119 Å². The predicted molar refractivity (Wildman–Crippen MR) is 138 cm³/mol. The second kappa shape index (κ2) is 16.6. The van der Waals surface area contributed by atoms with Crippen LogP contribution in [0.1, 0.15) is 77.3 Å². The smallest absolute Gasteiger partial charge is 1.00 e. The molecule has 2 aliphatic rings. The van der Waals surface area contributed by atoms with E-state index in [-0.39, 0.29) is 61.8 Å². The third kappa shape index (κ3) is 7.44. The van der Waals surface area contributed by atoms with E-state index in [1.165, 1.54) is 22.3 Å². The Morgan fingerprint density at radius 1 is 0.571 bits per heavy atom. The van der Waals surface area contributed by atoms with E-state index in [0.717, 1.165) is 38.5 Å². The van der Waals surface area contributed by atoms with Crippen LogP contribution in [0.25, 0.3) is 0 Å². The van der Waals surface area contributed by atoms with Crippen molar-refractivity contribution in [2.75, 3.05) is 0 Å². The number of halogens is 2. The Hall–Kier alpha value is -1.14. The summed E-state index contributed by atoms with van der Waals surface area (Å²) in [7, 11) is 0. The molecule has 0 N–H and O–H groups in total. The van der Waals surface area contributed by atoms with Crippen molar-refractivity contribution in [2.24, 2.45) is 0 Å². The average molecular weight is 585 g/mol. The third-order valence-electron chi connectivity index (χ3n) is 7.49. The summed E-state index contributed by atoms with van der Waals surface area (Å²) in [5, 5.41) is 0. The zero-order chi connectivity index (χ0) is 22.9. The molecule has 0 fully saturated rings. The number of hydrogen-bond donors (Lipinski definition) is 0. The van der Waals surface area contributed by atoms with Crippen molar-refractivity contribution >= 4 is 0 Å². The Kier molecular flexibility index (Phi) is 16.0. The maximum absolute atomic E-state index is 3.50. The van der Waals surface area contributed by atoms with E-state index in [1.807, 2.05) is 0 Å². The van der Waals surface area contributed by atoms with E-state index in [1.54, 1.807) is 0 Å². The number of rotatable bonds is 8. The van der Waals surface area contributed by atoms with Crippen molar-refractivity contribution in [3.8, 4) is 0 Å². The van der Waals surface area contributed by atoms with E-state index in [0.29, 0.717) is 0 Å². The van der Waals surface area contributed by atoms with Crippen molar-refractivity contribution in [3.63, 3.8) is 0 Å². The van der Waals surface area contributed by atoms with Crippen LogP contribution in [0, 0.1) is 12.2 Å². The van der Waals surface area contributed by atoms with Crippen molar-refractivity contribution in [1.82, 2.24) is 0 Å². The summed E-state index contributed by atoms with van der Waals surface area (Å²) in [5.74, 6) is 0. The zero-order valence-electron chi connectivity index (χ0n) is 21.6. The Morgan fingerprint density at radius 2 is 0.886 bits per heavy atom. The van der Waals surface area contributed by atoms with Crippen LogP contribution in [0.5, 0.6) is 0 Å². The monoisotopic (exact) mass is 582 g/mol. The van der Waals surface area contributed by atoms with E-state index in [4.69, 9.17) is 0 Å². The van der Waals surface area contributed by atoms with Gasteiger partial charge in [0.25, 0.3) is 0 Å². The third-order valence-corrected chi connectivity index (χ3v) is 7.49. The first kappa shape index (κ1) is 33.9. The van der Waals surface area contributed by atoms with Gasteiger partial charge in [-0.3, -0.25) is 12.2 Å². The van der Waals surface area contributed by atoms with E-state index < -0.39 is 0 Å². The molecule has 0 nitrogen and oxygen atoms in total. The second-order valence-electron chi connectivity index (χ2n) is 8.70. The molecule has 0 aliphatic heterocycles. The fourth-order valence-corrected chi connectivity index (χ4v) is 5.37. The van der Waals surface area contributed by atoms with Gasteiger partial charge in [-0.25, -0.2) is 23.3 Å². The van der Waals surface area contributed by atoms with Crippen LogP contribution >= 0.6 is 0 Å². The zero-order valence-corrected chi connectivity index (χ0v) is 25.6. The van der Waals surface area contributed by atoms with Gasteiger partial charge < -0.3 is 24.8 Å². The van der Waals surface area contributed by atoms with Crippen LogP contribution in [-0.4, -0.2) is 0 Å². The minimum atomic E-state index is 0. The number of allylic oxidation sites excluding steroid dienone is 8. The molecule has 3 heteroatoms. The first-order valence-electron chi connectivity index (χ1n) is 12.3. The molecule has 35 heavy (non-hydrogen) atoms. The summed E-state index contributed by atoms with van der Waals surface area (Å²) in [6.07, 6.45) is 22.4. The maximum atomic E-state index is 3.50. The van der Waals surface area contributed by atoms with E-state index in [9.17, 15) is 0 Å². The molecule has 0 aromatic heterocycles. The molecule has 4 rings (SSSR count). The topological polar surface area (TPSA) is 0 Å². The van der Waals surface area contributed by atoms with Gasteiger partial charge >= 0.3 is 26.2 Å². The molecule has 0 saturated carbocycles. The maximum Gasteiger partial charge on any atom is 4.00 e. The van der Waals surface area contributed by atoms with Crippen LogP contribution < -0.4 is 24.8 Å². The van der Waals surface area contributed by atoms with Gasteiger partial charge in [0.15, 0.2) is 0 Å². The van der Waals surface area contributed by atoms with Gasteiger partial charge in [-0.15, -0.1) is 12.8 Å². The largest absolute Gasteiger partial charge is 4.00 e. The number of hydrogen-bond acceptors (Lipinski definition) is 0. The van der Waals surface area contributed by atoms with Crippen LogP contribution in [0.2, 0.25) is 0 Å². The van der Waals surface area contributed by atoms with E-state index in [2.05, 4.69) is 125 Å². The molecule has 2 aromatic carbocycles. The van der Waals surface area contributed by atoms with Gasteiger partial charge in [-0.1, -0.05) is 88.4 Å². The molecule has 2 aliphatic carbocycles. The minimum absolute atomic E-state index is 0. The fraction of sp³-hybridized carbons (Fsp3) is 0.375. The van der Waals surface area contributed by atoms with Gasteiger partial charge in [0.1, 0.15) is 0 Å². The first-order chi connectivity index (χ1) is 15.7. The molecule has 0 heterocycles. The predicted octanol–water partition coefficient (Wildman–Crippen LogP) is 2.87. The van der Waals surface area contributed by atoms with Gasteiger partial charge in [-0.05, 0) is 47.6 Å². The van der Waals surface area contributed by atoms with Crippen LogP contribution in [0.15, 0.2) is 96.1 Å². The van der Waals surface area contributed by atoms with Gasteiger partial charge in [0.05, 0.1) is 0 Å². The second-order valence-corrected chi connectivity index (χ2v) is 8.70. The summed E-state index contributed by atoms with van der Waals surface area (Å²) in [6, 6.07) is 21.7. The fourth-order valence-electron chi connectivity index (χ4n) is 5.37. The Bertz CT molecular complexity index is 882. The standard InChI is InChI=1S/2C16H19.2ClH.Zr/c2*1-3-16(4-2,15-12-8-9-13-15)14-10-6-5-7-11-14;;;/h2*5-8,10-12H,3-4,9H2,1-2H3;2*1H;/q2*-1;;;+4/p-2. The minimum Gasteiger partial charge on any atom is -1.00 e. The Balaban J connectivity index is 0.000000608. The molecule has 0 bridgehead atoms. The first-order valence-corrected chi connectivity index (χ1v) is 12.3. The van der Waals surface area contributed by atoms with Crippen LogP contribution in [-0.2, 0) is 37.0 Å². The SMILES string of the molecule is CCC(CC)(C1=[C-]CC=C1)c1ccccc1.CCC(CC)(C1=[C-]CC=C1)c1ccccc1.[Cl-].[Cl-].[Zr+4]. The molecule has 0 atom stereocenters. The summed E-state index contributed by atoms with van der Waals surface area (Å²) in [5.41, 5.74) is 5.96. The molecule has 184 valence electrons. The summed E-state index contributed by atoms with van der Waals surface area (Å²) >= 11 is 0. The quantitative estimate of drug-likeness (QED) is 0.419. The van der Waals surface area contributed by atoms with Crippen molar-refractivity contribution in [1.29, 1.82) is 0 Å². The molecule has 0 unspecified atom stereocenters. The van der Waals surface area contributed by atoms with Gasteiger partial charge in [0, 0.05) is 0 Å². The van der Waals surface area contributed by atoms with Gasteiger partial charge in [0.2, 0.25) is 0 Å².